The Morgan fingerprint density at radius 1 is 1.14 bits per heavy atom. The van der Waals surface area contributed by atoms with E-state index >= 15 is 0 Å². The lowest BCUT2D eigenvalue weighted by atomic mass is 10.1. The molecule has 0 unspecified atom stereocenters. The monoisotopic (exact) mass is 300 g/mol. The van der Waals surface area contributed by atoms with Gasteiger partial charge in [-0.3, -0.25) is 19.3 Å². The lowest BCUT2D eigenvalue weighted by molar-refractivity contribution is -0.131. The summed E-state index contributed by atoms with van der Waals surface area (Å²) in [5.74, 6) is -0.586. The van der Waals surface area contributed by atoms with Crippen LogP contribution in [0.25, 0.3) is 0 Å². The van der Waals surface area contributed by atoms with Crippen LogP contribution >= 0.6 is 0 Å². The maximum absolute atomic E-state index is 12.2. The van der Waals surface area contributed by atoms with E-state index in [1.807, 2.05) is 7.05 Å². The standard InChI is InChI=1S/C17H20N2O3/c1-18(12-6-2-3-7-12)15(20)10-11-19-16(21)13-8-4-5-9-14(13)17(19)22/h4-5,8-9,12H,2-3,6-7,10-11H2,1H3. The Bertz CT molecular complexity index is 585. The van der Waals surface area contributed by atoms with Crippen LogP contribution in [0.4, 0.5) is 0 Å². The number of imide groups is 1. The van der Waals surface area contributed by atoms with E-state index in [2.05, 4.69) is 0 Å². The second-order valence-corrected chi connectivity index (χ2v) is 6.00. The average Bonchev–Trinajstić information content (AvgIpc) is 3.14. The summed E-state index contributed by atoms with van der Waals surface area (Å²) in [6, 6.07) is 7.11. The molecule has 1 aromatic rings. The van der Waals surface area contributed by atoms with Crippen LogP contribution in [0.15, 0.2) is 24.3 Å². The molecule has 0 radical (unpaired) electrons. The van der Waals surface area contributed by atoms with Gasteiger partial charge in [-0.15, -0.1) is 0 Å². The number of rotatable bonds is 4. The molecule has 3 amide bonds. The van der Waals surface area contributed by atoms with Gasteiger partial charge in [-0.2, -0.15) is 0 Å². The molecule has 1 fully saturated rings. The molecule has 0 aromatic heterocycles. The zero-order valence-electron chi connectivity index (χ0n) is 12.7. The largest absolute Gasteiger partial charge is 0.343 e. The first-order chi connectivity index (χ1) is 10.6. The van der Waals surface area contributed by atoms with Gasteiger partial charge in [0.05, 0.1) is 11.1 Å². The highest BCUT2D eigenvalue weighted by molar-refractivity contribution is 6.21. The molecule has 0 spiro atoms. The lowest BCUT2D eigenvalue weighted by Gasteiger charge is -2.25. The summed E-state index contributed by atoms with van der Waals surface area (Å²) in [6.45, 7) is 0.155. The number of carbonyl (C=O) groups excluding carboxylic acids is 3. The first kappa shape index (κ1) is 14.8. The fraction of sp³-hybridized carbons (Fsp3) is 0.471. The normalized spacial score (nSPS) is 18.0. The number of benzene rings is 1. The highest BCUT2D eigenvalue weighted by Crippen LogP contribution is 2.24. The van der Waals surface area contributed by atoms with E-state index in [9.17, 15) is 14.4 Å². The number of amides is 3. The second-order valence-electron chi connectivity index (χ2n) is 6.00. The predicted octanol–water partition coefficient (Wildman–Crippen LogP) is 2.07. The SMILES string of the molecule is CN(C(=O)CCN1C(=O)c2ccccc2C1=O)C1CCCC1. The van der Waals surface area contributed by atoms with Gasteiger partial charge < -0.3 is 4.90 Å². The zero-order chi connectivity index (χ0) is 15.7. The quantitative estimate of drug-likeness (QED) is 0.800. The zero-order valence-corrected chi connectivity index (χ0v) is 12.7. The van der Waals surface area contributed by atoms with Crippen LogP contribution in [0.3, 0.4) is 0 Å². The number of hydrogen-bond acceptors (Lipinski definition) is 3. The Balaban J connectivity index is 1.61. The van der Waals surface area contributed by atoms with E-state index in [-0.39, 0.29) is 30.7 Å². The van der Waals surface area contributed by atoms with Crippen molar-refractivity contribution >= 4 is 17.7 Å². The van der Waals surface area contributed by atoms with E-state index in [1.54, 1.807) is 29.2 Å². The maximum atomic E-state index is 12.2. The van der Waals surface area contributed by atoms with Crippen LogP contribution in [-0.2, 0) is 4.79 Å². The minimum Gasteiger partial charge on any atom is -0.343 e. The van der Waals surface area contributed by atoms with Gasteiger partial charge in [-0.25, -0.2) is 0 Å². The molecule has 1 aliphatic heterocycles. The van der Waals surface area contributed by atoms with Gasteiger partial charge in [-0.1, -0.05) is 25.0 Å². The van der Waals surface area contributed by atoms with Gasteiger partial charge in [0.25, 0.3) is 11.8 Å². The van der Waals surface area contributed by atoms with Crippen LogP contribution in [0, 0.1) is 0 Å². The van der Waals surface area contributed by atoms with Crippen LogP contribution in [0.2, 0.25) is 0 Å². The molecule has 2 aliphatic rings. The van der Waals surface area contributed by atoms with Crippen molar-refractivity contribution in [2.24, 2.45) is 0 Å². The first-order valence-corrected chi connectivity index (χ1v) is 7.80. The maximum Gasteiger partial charge on any atom is 0.261 e. The third kappa shape index (κ3) is 2.51. The van der Waals surface area contributed by atoms with E-state index in [0.717, 1.165) is 12.8 Å². The molecule has 1 aliphatic carbocycles. The molecule has 5 heteroatoms. The molecular formula is C17H20N2O3. The molecule has 5 nitrogen and oxygen atoms in total. The molecule has 1 saturated carbocycles. The molecule has 116 valence electrons. The van der Waals surface area contributed by atoms with E-state index in [4.69, 9.17) is 0 Å². The Labute approximate surface area is 129 Å². The van der Waals surface area contributed by atoms with Gasteiger partial charge in [0.1, 0.15) is 0 Å². The van der Waals surface area contributed by atoms with Crippen LogP contribution < -0.4 is 0 Å². The summed E-state index contributed by atoms with van der Waals surface area (Å²) in [5.41, 5.74) is 0.869. The van der Waals surface area contributed by atoms with Crippen molar-refractivity contribution in [2.75, 3.05) is 13.6 Å². The van der Waals surface area contributed by atoms with Crippen LogP contribution in [0.1, 0.15) is 52.8 Å². The highest BCUT2D eigenvalue weighted by atomic mass is 16.2. The molecule has 1 heterocycles. The Morgan fingerprint density at radius 2 is 1.68 bits per heavy atom. The van der Waals surface area contributed by atoms with Crippen molar-refractivity contribution in [3.05, 3.63) is 35.4 Å². The Morgan fingerprint density at radius 3 is 2.23 bits per heavy atom. The van der Waals surface area contributed by atoms with Gasteiger partial charge in [0, 0.05) is 26.1 Å². The molecule has 3 rings (SSSR count). The summed E-state index contributed by atoms with van der Waals surface area (Å²) in [5, 5.41) is 0. The van der Waals surface area contributed by atoms with Gasteiger partial charge in [-0.05, 0) is 25.0 Å². The molecule has 0 atom stereocenters. The van der Waals surface area contributed by atoms with Crippen molar-refractivity contribution in [3.8, 4) is 0 Å². The number of nitrogens with zero attached hydrogens (tertiary/aromatic N) is 2. The van der Waals surface area contributed by atoms with Crippen molar-refractivity contribution in [1.29, 1.82) is 0 Å². The molecule has 0 bridgehead atoms. The topological polar surface area (TPSA) is 57.7 Å². The van der Waals surface area contributed by atoms with Crippen LogP contribution in [0.5, 0.6) is 0 Å². The lowest BCUT2D eigenvalue weighted by Crippen LogP contribution is -2.38. The first-order valence-electron chi connectivity index (χ1n) is 7.80. The van der Waals surface area contributed by atoms with Crippen LogP contribution in [-0.4, -0.2) is 47.2 Å². The minimum atomic E-state index is -0.295. The highest BCUT2D eigenvalue weighted by Gasteiger charge is 2.35. The van der Waals surface area contributed by atoms with Gasteiger partial charge >= 0.3 is 0 Å². The number of fused-ring (bicyclic) bond motifs is 1. The third-order valence-electron chi connectivity index (χ3n) is 4.69. The Kier molecular flexibility index (Phi) is 3.96. The van der Waals surface area contributed by atoms with Crippen molar-refractivity contribution in [1.82, 2.24) is 9.80 Å². The van der Waals surface area contributed by atoms with E-state index in [1.165, 1.54) is 17.7 Å². The fourth-order valence-electron chi connectivity index (χ4n) is 3.32. The van der Waals surface area contributed by atoms with E-state index < -0.39 is 0 Å². The minimum absolute atomic E-state index is 0.00320. The van der Waals surface area contributed by atoms with E-state index in [0.29, 0.717) is 17.2 Å². The summed E-state index contributed by atoms with van der Waals surface area (Å²) in [4.78, 5) is 39.7. The summed E-state index contributed by atoms with van der Waals surface area (Å²) in [7, 11) is 1.82. The smallest absolute Gasteiger partial charge is 0.261 e. The van der Waals surface area contributed by atoms with Crippen molar-refractivity contribution < 1.29 is 14.4 Å². The predicted molar refractivity (Wildman–Crippen MR) is 81.5 cm³/mol. The summed E-state index contributed by atoms with van der Waals surface area (Å²) < 4.78 is 0. The average molecular weight is 300 g/mol. The fourth-order valence-corrected chi connectivity index (χ4v) is 3.32. The number of hydrogen-bond donors (Lipinski definition) is 0. The molecule has 1 aromatic carbocycles. The van der Waals surface area contributed by atoms with Gasteiger partial charge in [0.2, 0.25) is 5.91 Å². The number of carbonyl (C=O) groups is 3. The Hall–Kier alpha value is -2.17. The molecule has 0 N–H and O–H groups in total. The molecular weight excluding hydrogens is 280 g/mol. The molecule has 22 heavy (non-hydrogen) atoms. The van der Waals surface area contributed by atoms with Crippen molar-refractivity contribution in [3.63, 3.8) is 0 Å². The van der Waals surface area contributed by atoms with Crippen molar-refractivity contribution in [2.45, 2.75) is 38.1 Å². The summed E-state index contributed by atoms with van der Waals surface area (Å²) >= 11 is 0. The summed E-state index contributed by atoms with van der Waals surface area (Å²) in [6.07, 6.45) is 4.63. The molecule has 0 saturated heterocycles. The second kappa shape index (κ2) is 5.91. The third-order valence-corrected chi connectivity index (χ3v) is 4.69. The van der Waals surface area contributed by atoms with Gasteiger partial charge in [0.15, 0.2) is 0 Å².